The van der Waals surface area contributed by atoms with Crippen LogP contribution in [0.5, 0.6) is 0 Å². The van der Waals surface area contributed by atoms with Crippen molar-refractivity contribution >= 4 is 22.4 Å². The van der Waals surface area contributed by atoms with Gasteiger partial charge in [0.25, 0.3) is 0 Å². The number of nitrogens with zero attached hydrogens (tertiary/aromatic N) is 4. The number of aromatic nitrogens is 3. The maximum absolute atomic E-state index is 12.3. The zero-order valence-electron chi connectivity index (χ0n) is 13.4. The van der Waals surface area contributed by atoms with Gasteiger partial charge < -0.3 is 10.2 Å². The van der Waals surface area contributed by atoms with Crippen LogP contribution in [0.2, 0.25) is 0 Å². The summed E-state index contributed by atoms with van der Waals surface area (Å²) in [5.41, 5.74) is 0. The fourth-order valence-corrected chi connectivity index (χ4v) is 3.65. The molecule has 1 aliphatic rings. The summed E-state index contributed by atoms with van der Waals surface area (Å²) in [6, 6.07) is 3.94. The van der Waals surface area contributed by atoms with E-state index < -0.39 is 0 Å². The second kappa shape index (κ2) is 7.59. The van der Waals surface area contributed by atoms with Crippen LogP contribution < -0.4 is 10.2 Å². The maximum Gasteiger partial charge on any atom is 0.224 e. The molecule has 0 saturated carbocycles. The molecule has 1 saturated heterocycles. The summed E-state index contributed by atoms with van der Waals surface area (Å²) in [5.74, 6) is 0.234. The number of hydrogen-bond donors (Lipinski definition) is 1. The molecule has 0 bridgehead atoms. The van der Waals surface area contributed by atoms with Gasteiger partial charge >= 0.3 is 0 Å². The highest BCUT2D eigenvalue weighted by molar-refractivity contribution is 7.17. The Morgan fingerprint density at radius 2 is 2.13 bits per heavy atom. The van der Waals surface area contributed by atoms with Gasteiger partial charge in [-0.2, -0.15) is 0 Å². The van der Waals surface area contributed by atoms with Crippen LogP contribution in [0.25, 0.3) is 5.13 Å². The molecule has 1 atom stereocenters. The Morgan fingerprint density at radius 3 is 2.91 bits per heavy atom. The van der Waals surface area contributed by atoms with Gasteiger partial charge in [-0.05, 0) is 31.4 Å². The van der Waals surface area contributed by atoms with Crippen molar-refractivity contribution in [3.05, 3.63) is 24.5 Å². The lowest BCUT2D eigenvalue weighted by Gasteiger charge is -2.31. The van der Waals surface area contributed by atoms with E-state index in [2.05, 4.69) is 27.3 Å². The first-order valence-electron chi connectivity index (χ1n) is 8.27. The van der Waals surface area contributed by atoms with Gasteiger partial charge in [0, 0.05) is 32.0 Å². The van der Waals surface area contributed by atoms with Crippen LogP contribution in [0.1, 0.15) is 32.6 Å². The van der Waals surface area contributed by atoms with Crippen LogP contribution in [0, 0.1) is 5.92 Å². The smallest absolute Gasteiger partial charge is 0.224 e. The van der Waals surface area contributed by atoms with E-state index in [1.807, 2.05) is 29.1 Å². The molecular weight excluding hydrogens is 310 g/mol. The lowest BCUT2D eigenvalue weighted by Crippen LogP contribution is -2.43. The predicted molar refractivity (Wildman–Crippen MR) is 92.1 cm³/mol. The number of anilines is 1. The van der Waals surface area contributed by atoms with Crippen molar-refractivity contribution in [3.8, 4) is 5.13 Å². The quantitative estimate of drug-likeness (QED) is 0.825. The van der Waals surface area contributed by atoms with Crippen molar-refractivity contribution in [3.63, 3.8) is 0 Å². The minimum absolute atomic E-state index is 0.0551. The number of rotatable bonds is 6. The predicted octanol–water partition coefficient (Wildman–Crippen LogP) is 2.46. The monoisotopic (exact) mass is 333 g/mol. The first-order valence-corrected chi connectivity index (χ1v) is 9.09. The van der Waals surface area contributed by atoms with Gasteiger partial charge in [0.2, 0.25) is 16.2 Å². The summed E-state index contributed by atoms with van der Waals surface area (Å²) in [4.78, 5) is 14.5. The zero-order chi connectivity index (χ0) is 16.1. The highest BCUT2D eigenvalue weighted by Gasteiger charge is 2.27. The molecule has 0 unspecified atom stereocenters. The summed E-state index contributed by atoms with van der Waals surface area (Å²) in [6.07, 6.45) is 8.04. The van der Waals surface area contributed by atoms with Gasteiger partial charge in [-0.15, -0.1) is 10.2 Å². The third kappa shape index (κ3) is 3.90. The minimum Gasteiger partial charge on any atom is -0.356 e. The van der Waals surface area contributed by atoms with E-state index in [0.717, 1.165) is 55.6 Å². The molecule has 124 valence electrons. The molecule has 0 radical (unpaired) electrons. The van der Waals surface area contributed by atoms with E-state index in [4.69, 9.17) is 0 Å². The molecule has 1 fully saturated rings. The van der Waals surface area contributed by atoms with Gasteiger partial charge in [-0.25, -0.2) is 0 Å². The third-order valence-corrected chi connectivity index (χ3v) is 5.12. The standard InChI is InChI=1S/C16H23N5OS/c1-2-3-8-17-14(22)13-7-6-11-21(12-13)16-19-18-15(23-16)20-9-4-5-10-20/h4-5,9-10,13H,2-3,6-8,11-12H2,1H3,(H,17,22)/t13-/m0/s1. The molecule has 7 heteroatoms. The number of carbonyl (C=O) groups excluding carboxylic acids is 1. The van der Waals surface area contributed by atoms with Crippen LogP contribution >= 0.6 is 11.3 Å². The van der Waals surface area contributed by atoms with Crippen LogP contribution in [-0.2, 0) is 4.79 Å². The van der Waals surface area contributed by atoms with Crippen molar-refractivity contribution in [2.45, 2.75) is 32.6 Å². The van der Waals surface area contributed by atoms with Gasteiger partial charge in [-0.1, -0.05) is 24.7 Å². The Morgan fingerprint density at radius 1 is 1.35 bits per heavy atom. The van der Waals surface area contributed by atoms with Gasteiger partial charge in [-0.3, -0.25) is 9.36 Å². The summed E-state index contributed by atoms with van der Waals surface area (Å²) in [6.45, 7) is 4.59. The number of nitrogens with one attached hydrogen (secondary N) is 1. The van der Waals surface area contributed by atoms with Gasteiger partial charge in [0.1, 0.15) is 0 Å². The summed E-state index contributed by atoms with van der Waals surface area (Å²) in [7, 11) is 0. The lowest BCUT2D eigenvalue weighted by molar-refractivity contribution is -0.125. The Balaban J connectivity index is 1.61. The van der Waals surface area contributed by atoms with Gasteiger partial charge in [0.05, 0.1) is 5.92 Å². The summed E-state index contributed by atoms with van der Waals surface area (Å²) in [5, 5.41) is 13.4. The molecule has 3 heterocycles. The first kappa shape index (κ1) is 16.0. The largest absolute Gasteiger partial charge is 0.356 e. The van der Waals surface area contributed by atoms with Crippen LogP contribution in [0.4, 0.5) is 5.13 Å². The van der Waals surface area contributed by atoms with E-state index in [1.165, 1.54) is 0 Å². The normalized spacial score (nSPS) is 18.1. The van der Waals surface area contributed by atoms with Crippen molar-refractivity contribution < 1.29 is 4.79 Å². The molecule has 1 N–H and O–H groups in total. The van der Waals surface area contributed by atoms with Crippen molar-refractivity contribution in [1.82, 2.24) is 20.1 Å². The molecule has 1 amide bonds. The van der Waals surface area contributed by atoms with E-state index in [1.54, 1.807) is 11.3 Å². The molecule has 0 aromatic carbocycles. The Hall–Kier alpha value is -1.89. The topological polar surface area (TPSA) is 63.1 Å². The van der Waals surface area contributed by atoms with E-state index in [-0.39, 0.29) is 11.8 Å². The van der Waals surface area contributed by atoms with E-state index in [0.29, 0.717) is 0 Å². The van der Waals surface area contributed by atoms with Crippen LogP contribution in [-0.4, -0.2) is 40.3 Å². The number of hydrogen-bond acceptors (Lipinski definition) is 5. The zero-order valence-corrected chi connectivity index (χ0v) is 14.3. The SMILES string of the molecule is CCCCNC(=O)[C@H]1CCCN(c2nnc(-n3cccc3)s2)C1. The average Bonchev–Trinajstić information content (AvgIpc) is 3.26. The molecule has 0 aliphatic carbocycles. The van der Waals surface area contributed by atoms with E-state index >= 15 is 0 Å². The van der Waals surface area contributed by atoms with E-state index in [9.17, 15) is 4.79 Å². The highest BCUT2D eigenvalue weighted by Crippen LogP contribution is 2.27. The molecule has 1 aliphatic heterocycles. The molecule has 2 aromatic rings. The molecule has 2 aromatic heterocycles. The number of piperidine rings is 1. The second-order valence-electron chi connectivity index (χ2n) is 5.89. The fraction of sp³-hybridized carbons (Fsp3) is 0.562. The number of carbonyl (C=O) groups is 1. The van der Waals surface area contributed by atoms with Crippen molar-refractivity contribution in [1.29, 1.82) is 0 Å². The molecule has 6 nitrogen and oxygen atoms in total. The average molecular weight is 333 g/mol. The Labute approximate surface area is 140 Å². The third-order valence-electron chi connectivity index (χ3n) is 4.12. The molecule has 3 rings (SSSR count). The molecular formula is C16H23N5OS. The fourth-order valence-electron chi connectivity index (χ4n) is 2.80. The maximum atomic E-state index is 12.3. The van der Waals surface area contributed by atoms with Crippen molar-refractivity contribution in [2.75, 3.05) is 24.5 Å². The van der Waals surface area contributed by atoms with Crippen LogP contribution in [0.3, 0.4) is 0 Å². The Bertz CT molecular complexity index is 624. The van der Waals surface area contributed by atoms with Crippen LogP contribution in [0.15, 0.2) is 24.5 Å². The van der Waals surface area contributed by atoms with Crippen molar-refractivity contribution in [2.24, 2.45) is 5.92 Å². The first-order chi connectivity index (χ1) is 11.3. The minimum atomic E-state index is 0.0551. The number of unbranched alkanes of at least 4 members (excludes halogenated alkanes) is 1. The van der Waals surface area contributed by atoms with Gasteiger partial charge in [0.15, 0.2) is 0 Å². The number of amides is 1. The lowest BCUT2D eigenvalue weighted by atomic mass is 9.97. The second-order valence-corrected chi connectivity index (χ2v) is 6.82. The summed E-state index contributed by atoms with van der Waals surface area (Å²) < 4.78 is 1.96. The molecule has 0 spiro atoms. The molecule has 23 heavy (non-hydrogen) atoms. The highest BCUT2D eigenvalue weighted by atomic mass is 32.1. The Kier molecular flexibility index (Phi) is 5.27. The summed E-state index contributed by atoms with van der Waals surface area (Å²) >= 11 is 1.57.